The van der Waals surface area contributed by atoms with Gasteiger partial charge in [-0.05, 0) is 57.1 Å². The molecule has 0 radical (unpaired) electrons. The molecule has 0 spiro atoms. The Morgan fingerprint density at radius 1 is 1.31 bits per heavy atom. The number of nitrogens with zero attached hydrogens (tertiary/aromatic N) is 2. The van der Waals surface area contributed by atoms with Crippen LogP contribution in [0, 0.1) is 18.8 Å². The average Bonchev–Trinajstić information content (AvgIpc) is 3.76. The second-order valence-corrected chi connectivity index (χ2v) is 14.4. The molecular weight excluding hydrogens is 670 g/mol. The number of rotatable bonds is 5. The number of carbonyl (C=O) groups excluding carboxylic acids is 4. The van der Waals surface area contributed by atoms with Gasteiger partial charge in [-0.1, -0.05) is 62.7 Å². The van der Waals surface area contributed by atoms with Gasteiger partial charge in [0.2, 0.25) is 11.8 Å². The third-order valence-corrected chi connectivity index (χ3v) is 10.7. The molecule has 2 saturated heterocycles. The van der Waals surface area contributed by atoms with Gasteiger partial charge in [-0.3, -0.25) is 14.9 Å². The molecule has 3 aliphatic rings. The van der Waals surface area contributed by atoms with E-state index in [4.69, 9.17) is 27.2 Å². The Balaban J connectivity index is 0.00000332. The van der Waals surface area contributed by atoms with Gasteiger partial charge in [-0.2, -0.15) is 12.6 Å². The van der Waals surface area contributed by atoms with Crippen LogP contribution in [0.4, 0.5) is 10.5 Å². The van der Waals surface area contributed by atoms with Crippen LogP contribution in [-0.4, -0.2) is 89.4 Å². The molecule has 3 aliphatic heterocycles. The van der Waals surface area contributed by atoms with E-state index < -0.39 is 59.6 Å². The molecule has 272 valence electrons. The number of carbonyl (C=O) groups is 4. The van der Waals surface area contributed by atoms with E-state index >= 15 is 0 Å². The van der Waals surface area contributed by atoms with E-state index in [2.05, 4.69) is 17.9 Å². The van der Waals surface area contributed by atoms with Crippen LogP contribution in [0.25, 0.3) is 0 Å². The summed E-state index contributed by atoms with van der Waals surface area (Å²) in [6.07, 6.45) is 3.02. The van der Waals surface area contributed by atoms with Crippen molar-refractivity contribution >= 4 is 53.8 Å². The smallest absolute Gasteiger partial charge is 0.409 e. The van der Waals surface area contributed by atoms with Crippen molar-refractivity contribution in [1.29, 1.82) is 0 Å². The minimum absolute atomic E-state index is 0.0782. The van der Waals surface area contributed by atoms with Crippen LogP contribution in [0.3, 0.4) is 0 Å². The summed E-state index contributed by atoms with van der Waals surface area (Å²) >= 11 is 10.9. The lowest BCUT2D eigenvalue weighted by Crippen LogP contribution is -2.60. The van der Waals surface area contributed by atoms with Gasteiger partial charge in [0.25, 0.3) is 0 Å². The van der Waals surface area contributed by atoms with Crippen molar-refractivity contribution in [2.24, 2.45) is 11.8 Å². The molecule has 4 bridgehead atoms. The van der Waals surface area contributed by atoms with Gasteiger partial charge >= 0.3 is 12.1 Å². The summed E-state index contributed by atoms with van der Waals surface area (Å²) in [5.41, 5.74) is 0.543. The maximum Gasteiger partial charge on any atom is 0.409 e. The van der Waals surface area contributed by atoms with Crippen LogP contribution in [0.2, 0.25) is 5.02 Å². The Morgan fingerprint density at radius 2 is 1.98 bits per heavy atom. The summed E-state index contributed by atoms with van der Waals surface area (Å²) in [4.78, 5) is 55.5. The minimum Gasteiger partial charge on any atom is -0.457 e. The van der Waals surface area contributed by atoms with Crippen molar-refractivity contribution in [3.05, 3.63) is 52.1 Å². The number of hydrogen-bond donors (Lipinski definition) is 3. The number of thiol groups is 1. The zero-order valence-corrected chi connectivity index (χ0v) is 31.6. The summed E-state index contributed by atoms with van der Waals surface area (Å²) in [6.45, 7) is 10.8. The molecule has 0 saturated carbocycles. The van der Waals surface area contributed by atoms with Gasteiger partial charge < -0.3 is 29.1 Å². The molecule has 1 unspecified atom stereocenters. The van der Waals surface area contributed by atoms with Gasteiger partial charge in [0.1, 0.15) is 29.6 Å². The molecule has 4 rings (SSSR count). The van der Waals surface area contributed by atoms with Crippen molar-refractivity contribution in [3.8, 4) is 0 Å². The minimum atomic E-state index is -1.59. The van der Waals surface area contributed by atoms with Crippen molar-refractivity contribution in [1.82, 2.24) is 10.2 Å². The van der Waals surface area contributed by atoms with Gasteiger partial charge in [0.05, 0.1) is 23.2 Å². The molecule has 2 fully saturated rings. The molecule has 0 aromatic heterocycles. The van der Waals surface area contributed by atoms with Gasteiger partial charge in [-0.15, -0.1) is 0 Å². The van der Waals surface area contributed by atoms with E-state index in [1.54, 1.807) is 20.9 Å². The quantitative estimate of drug-likeness (QED) is 0.209. The lowest BCUT2D eigenvalue weighted by molar-refractivity contribution is -0.161. The Hall–Kier alpha value is -3.06. The number of hydrogen-bond acceptors (Lipinski definition) is 9. The van der Waals surface area contributed by atoms with E-state index in [1.165, 1.54) is 24.3 Å². The summed E-state index contributed by atoms with van der Waals surface area (Å²) in [5, 5.41) is 14.6. The van der Waals surface area contributed by atoms with Gasteiger partial charge in [0, 0.05) is 40.1 Å². The van der Waals surface area contributed by atoms with Gasteiger partial charge in [0.15, 0.2) is 0 Å². The second-order valence-electron chi connectivity index (χ2n) is 13.6. The first-order valence-corrected chi connectivity index (χ1v) is 17.3. The highest BCUT2D eigenvalue weighted by Gasteiger charge is 2.64. The van der Waals surface area contributed by atoms with E-state index in [-0.39, 0.29) is 31.1 Å². The first-order valence-electron chi connectivity index (χ1n) is 17.3. The first-order chi connectivity index (χ1) is 23.4. The number of ether oxygens (including phenoxy) is 3. The zero-order chi connectivity index (χ0) is 37.7. The summed E-state index contributed by atoms with van der Waals surface area (Å²) in [6, 6.07) is 2.90. The fourth-order valence-electron chi connectivity index (χ4n) is 6.43. The molecule has 49 heavy (non-hydrogen) atoms. The van der Waals surface area contributed by atoms with Crippen LogP contribution >= 0.6 is 24.2 Å². The number of esters is 1. The molecule has 1 aromatic rings. The van der Waals surface area contributed by atoms with Crippen molar-refractivity contribution in [3.63, 3.8) is 0 Å². The highest BCUT2D eigenvalue weighted by atomic mass is 35.5. The topological polar surface area (TPSA) is 138 Å². The number of alkyl carbamates (subject to hydrolysis) is 1. The number of nitrogens with one attached hydrogen (secondary N) is 1. The molecular formula is C36H52ClN3O8S. The zero-order valence-electron chi connectivity index (χ0n) is 30.9. The SMILES string of the molecule is C/C1=C\C=C\[C@@H](C)[C@@]2(O)C[C@H](OC(=O)N2)[C@@H](C)[C@@H]2O[C@@]2(C)[C@@H](OC(=O)C(C)N(C)C(=O)CCS)CC(=O)N(C)c2cc(cc(C)c2Cl)C1.[2H]C. The molecule has 8 atom stereocenters. The van der Waals surface area contributed by atoms with E-state index in [1.807, 2.05) is 58.1 Å². The molecule has 3 amide bonds. The lowest BCUT2D eigenvalue weighted by atomic mass is 9.82. The standard InChI is InChI=1S/C35H48ClN3O8S.CH4/c1-19-10-9-11-21(3)35(44)18-26(45-33(43)37-35)22(4)31-34(6,47-31)27(46-32(42)23(5)38(7)28(40)12-13-48)17-29(41)39(8)25-16-24(14-19)15-20(2)30(25)36;/h9-11,15-16,21-23,26-27,31,44,48H,12-14,17-18H2,1-8H3,(H,37,43);1H4/b11-9+,19-10+;/t21-,22-,23?,26+,27+,31+,34+,35+;/m1./s1/i;1D. The number of aliphatic hydroxyl groups is 1. The largest absolute Gasteiger partial charge is 0.457 e. The normalized spacial score (nSPS) is 32.7. The number of fused-ring (bicyclic) bond motifs is 5. The lowest BCUT2D eigenvalue weighted by Gasteiger charge is -2.41. The predicted octanol–water partition coefficient (Wildman–Crippen LogP) is 5.39. The van der Waals surface area contributed by atoms with Crippen LogP contribution in [0.5, 0.6) is 0 Å². The number of likely N-dealkylation sites (N-methyl/N-ethyl adjacent to an activating group) is 1. The predicted molar refractivity (Wildman–Crippen MR) is 193 cm³/mol. The third-order valence-electron chi connectivity index (χ3n) is 9.99. The molecule has 1 aromatic carbocycles. The Bertz CT molecular complexity index is 1510. The van der Waals surface area contributed by atoms with Crippen LogP contribution in [-0.2, 0) is 35.0 Å². The summed E-state index contributed by atoms with van der Waals surface area (Å²) in [7, 11) is 4.39. The number of aryl methyl sites for hydroxylation is 1. The average molecular weight is 723 g/mol. The molecule has 3 heterocycles. The van der Waals surface area contributed by atoms with Crippen LogP contribution < -0.4 is 10.2 Å². The number of anilines is 1. The highest BCUT2D eigenvalue weighted by molar-refractivity contribution is 7.80. The molecule has 0 aliphatic carbocycles. The fourth-order valence-corrected chi connectivity index (χ4v) is 6.86. The van der Waals surface area contributed by atoms with Crippen molar-refractivity contribution in [2.45, 2.75) is 110 Å². The number of amides is 3. The van der Waals surface area contributed by atoms with E-state index in [0.717, 1.165) is 16.7 Å². The Morgan fingerprint density at radius 3 is 2.63 bits per heavy atom. The third kappa shape index (κ3) is 8.82. The van der Waals surface area contributed by atoms with E-state index in [0.29, 0.717) is 22.9 Å². The van der Waals surface area contributed by atoms with Crippen LogP contribution in [0.1, 0.15) is 73.8 Å². The monoisotopic (exact) mass is 722 g/mol. The maximum atomic E-state index is 14.0. The second kappa shape index (κ2) is 15.9. The Labute approximate surface area is 302 Å². The molecule has 13 heteroatoms. The van der Waals surface area contributed by atoms with E-state index in [9.17, 15) is 24.3 Å². The number of epoxide rings is 1. The fraction of sp³-hybridized carbons (Fsp3) is 0.611. The molecule has 2 N–H and O–H groups in total. The highest BCUT2D eigenvalue weighted by Crippen LogP contribution is 2.49. The summed E-state index contributed by atoms with van der Waals surface area (Å²) < 4.78 is 23.7. The maximum absolute atomic E-state index is 14.0. The van der Waals surface area contributed by atoms with Crippen molar-refractivity contribution in [2.75, 3.05) is 24.7 Å². The number of allylic oxidation sites excluding steroid dienone is 3. The number of halogens is 1. The first kappa shape index (κ1) is 38.7. The van der Waals surface area contributed by atoms with Gasteiger partial charge in [-0.25, -0.2) is 9.59 Å². The molecule has 11 nitrogen and oxygen atoms in total. The number of benzene rings is 1. The van der Waals surface area contributed by atoms with Crippen molar-refractivity contribution < 1.29 is 39.9 Å². The Kier molecular flexibility index (Phi) is 12.5. The van der Waals surface area contributed by atoms with Crippen LogP contribution in [0.15, 0.2) is 35.9 Å². The summed E-state index contributed by atoms with van der Waals surface area (Å²) in [5.74, 6) is -1.94.